The Hall–Kier alpha value is -8.21. The Morgan fingerprint density at radius 1 is 0.775 bits per heavy atom. The molecule has 3 aliphatic heterocycles. The Bertz CT molecular complexity index is 3660. The molecule has 18 nitrogen and oxygen atoms in total. The SMILES string of the molecule is C=CC(=O)N1CCN(c2nc(NCCN3CC(C)(F)C3)nc3c(F)c(-c4c(C)ccc5[nH]ncc45)c(Cl)cc23)CC1.C=CC(=O)N1CCN(c2nc(OCCc3ncccn3)nc3c(F)c(-c4c(O)cccc4F)c(Cl)cc23)CC1. The summed E-state index contributed by atoms with van der Waals surface area (Å²) in [5.74, 6) is -1.39. The summed E-state index contributed by atoms with van der Waals surface area (Å²) < 4.78 is 67.1. The second-order valence-electron chi connectivity index (χ2n) is 19.7. The van der Waals surface area contributed by atoms with Gasteiger partial charge >= 0.3 is 6.01 Å². The number of likely N-dealkylation sites (tertiary alicyclic amines) is 1. The van der Waals surface area contributed by atoms with E-state index in [0.717, 1.165) is 22.5 Å². The maximum absolute atomic E-state index is 16.6. The number of halogens is 6. The summed E-state index contributed by atoms with van der Waals surface area (Å²) in [6.07, 6.45) is 7.81. The minimum Gasteiger partial charge on any atom is -0.507 e. The van der Waals surface area contributed by atoms with Crippen LogP contribution in [0.3, 0.4) is 0 Å². The molecule has 0 aliphatic carbocycles. The summed E-state index contributed by atoms with van der Waals surface area (Å²) in [7, 11) is 0. The second-order valence-corrected chi connectivity index (χ2v) is 20.5. The van der Waals surface area contributed by atoms with Crippen molar-refractivity contribution in [3.8, 4) is 34.0 Å². The van der Waals surface area contributed by atoms with Crippen LogP contribution in [-0.4, -0.2) is 163 Å². The molecule has 2 amide bonds. The van der Waals surface area contributed by atoms with Gasteiger partial charge in [0.2, 0.25) is 17.8 Å². The van der Waals surface area contributed by atoms with Crippen molar-refractivity contribution in [3.63, 3.8) is 0 Å². The number of aryl methyl sites for hydroxylation is 1. The topological polar surface area (TPSA) is 198 Å². The van der Waals surface area contributed by atoms with Gasteiger partial charge in [0, 0.05) is 130 Å². The summed E-state index contributed by atoms with van der Waals surface area (Å²) in [4.78, 5) is 60.0. The number of piperazine rings is 2. The van der Waals surface area contributed by atoms with Crippen molar-refractivity contribution in [2.24, 2.45) is 0 Å². The highest BCUT2D eigenvalue weighted by Gasteiger charge is 2.38. The summed E-state index contributed by atoms with van der Waals surface area (Å²) in [5, 5.41) is 22.2. The maximum Gasteiger partial charge on any atom is 0.319 e. The van der Waals surface area contributed by atoms with E-state index in [0.29, 0.717) is 113 Å². The van der Waals surface area contributed by atoms with Gasteiger partial charge in [-0.15, -0.1) is 0 Å². The van der Waals surface area contributed by atoms with Gasteiger partial charge in [0.25, 0.3) is 0 Å². The van der Waals surface area contributed by atoms with Crippen LogP contribution < -0.4 is 19.9 Å². The molecule has 4 aromatic carbocycles. The lowest BCUT2D eigenvalue weighted by atomic mass is 9.95. The molecule has 0 saturated carbocycles. The van der Waals surface area contributed by atoms with Crippen LogP contribution in [0, 0.1) is 24.4 Å². The van der Waals surface area contributed by atoms with E-state index in [1.54, 1.807) is 47.4 Å². The fourth-order valence-corrected chi connectivity index (χ4v) is 10.8. The molecule has 0 unspecified atom stereocenters. The lowest BCUT2D eigenvalue weighted by molar-refractivity contribution is -0.127. The number of ether oxygens (including phenoxy) is 1. The van der Waals surface area contributed by atoms with Crippen LogP contribution in [0.2, 0.25) is 10.0 Å². The van der Waals surface area contributed by atoms with Crippen molar-refractivity contribution >= 4 is 85.3 Å². The fraction of sp³-hybridized carbons (Fsp3) is 0.304. The molecule has 3 saturated heterocycles. The first kappa shape index (κ1) is 55.1. The number of hydrogen-bond acceptors (Lipinski definition) is 15. The molecule has 3 aliphatic rings. The normalized spacial score (nSPS) is 15.4. The van der Waals surface area contributed by atoms with E-state index < -0.39 is 28.9 Å². The number of alkyl halides is 1. The van der Waals surface area contributed by atoms with E-state index in [2.05, 4.69) is 53.6 Å². The number of H-pyrrole nitrogens is 1. The van der Waals surface area contributed by atoms with Crippen molar-refractivity contribution in [2.75, 3.05) is 100 Å². The van der Waals surface area contributed by atoms with Gasteiger partial charge in [-0.05, 0) is 68.0 Å². The lowest BCUT2D eigenvalue weighted by Crippen LogP contribution is -2.57. The number of carbonyl (C=O) groups excluding carboxylic acids is 2. The number of benzene rings is 4. The average Bonchev–Trinajstić information content (AvgIpc) is 3.98. The molecule has 0 bridgehead atoms. The Labute approximate surface area is 466 Å². The highest BCUT2D eigenvalue weighted by Crippen LogP contribution is 2.44. The number of fused-ring (bicyclic) bond motifs is 3. The number of phenolic OH excluding ortho intramolecular Hbond substituents is 1. The van der Waals surface area contributed by atoms with Crippen molar-refractivity contribution < 1.29 is 37.0 Å². The summed E-state index contributed by atoms with van der Waals surface area (Å²) in [6, 6.07) is 12.2. The zero-order valence-corrected chi connectivity index (χ0v) is 45.1. The van der Waals surface area contributed by atoms with Crippen LogP contribution in [0.1, 0.15) is 18.3 Å². The smallest absolute Gasteiger partial charge is 0.319 e. The van der Waals surface area contributed by atoms with Crippen LogP contribution in [0.4, 0.5) is 35.1 Å². The number of aromatic amines is 1. The molecular formula is C56H54Cl2F4N14O4. The fourth-order valence-electron chi connectivity index (χ4n) is 10.2. The van der Waals surface area contributed by atoms with E-state index >= 15 is 8.78 Å². The van der Waals surface area contributed by atoms with Gasteiger partial charge in [0.15, 0.2) is 11.6 Å². The van der Waals surface area contributed by atoms with Gasteiger partial charge in [-0.3, -0.25) is 19.6 Å². The first-order valence-electron chi connectivity index (χ1n) is 25.7. The zero-order chi connectivity index (χ0) is 56.4. The molecule has 11 rings (SSSR count). The molecule has 3 fully saturated rings. The lowest BCUT2D eigenvalue weighted by Gasteiger charge is -2.42. The van der Waals surface area contributed by atoms with Crippen molar-refractivity contribution in [3.05, 3.63) is 131 Å². The number of amides is 2. The maximum atomic E-state index is 16.6. The van der Waals surface area contributed by atoms with Crippen molar-refractivity contribution in [1.82, 2.24) is 54.8 Å². The number of nitrogens with zero attached hydrogens (tertiary/aromatic N) is 12. The zero-order valence-electron chi connectivity index (χ0n) is 43.6. The van der Waals surface area contributed by atoms with E-state index in [9.17, 15) is 23.5 Å². The molecule has 3 N–H and O–H groups in total. The molecule has 0 radical (unpaired) electrons. The van der Waals surface area contributed by atoms with Crippen molar-refractivity contribution in [2.45, 2.75) is 25.9 Å². The first-order chi connectivity index (χ1) is 38.5. The first-order valence-corrected chi connectivity index (χ1v) is 26.4. The van der Waals surface area contributed by atoms with Crippen LogP contribution >= 0.6 is 23.2 Å². The van der Waals surface area contributed by atoms with Gasteiger partial charge in [-0.25, -0.2) is 32.5 Å². The van der Waals surface area contributed by atoms with E-state index in [1.165, 1.54) is 30.4 Å². The van der Waals surface area contributed by atoms with E-state index in [1.807, 2.05) is 33.8 Å². The Morgan fingerprint density at radius 2 is 1.36 bits per heavy atom. The summed E-state index contributed by atoms with van der Waals surface area (Å²) >= 11 is 13.3. The number of nitrogens with one attached hydrogen (secondary N) is 2. The van der Waals surface area contributed by atoms with Crippen LogP contribution in [0.5, 0.6) is 11.8 Å². The van der Waals surface area contributed by atoms with Gasteiger partial charge in [-0.1, -0.05) is 48.5 Å². The monoisotopic (exact) mass is 1130 g/mol. The van der Waals surface area contributed by atoms with Crippen LogP contribution in [-0.2, 0) is 16.0 Å². The quantitative estimate of drug-likeness (QED) is 0.0690. The highest BCUT2D eigenvalue weighted by molar-refractivity contribution is 6.35. The molecule has 4 aromatic heterocycles. The number of aromatic hydroxyl groups is 1. The molecule has 24 heteroatoms. The Kier molecular flexibility index (Phi) is 16.0. The van der Waals surface area contributed by atoms with Crippen molar-refractivity contribution in [1.29, 1.82) is 0 Å². The van der Waals surface area contributed by atoms with Gasteiger partial charge in [-0.2, -0.15) is 20.1 Å². The van der Waals surface area contributed by atoms with Gasteiger partial charge < -0.3 is 34.8 Å². The molecule has 80 heavy (non-hydrogen) atoms. The summed E-state index contributed by atoms with van der Waals surface area (Å²) in [6.45, 7) is 16.1. The van der Waals surface area contributed by atoms with Gasteiger partial charge in [0.1, 0.15) is 45.7 Å². The number of phenols is 1. The number of rotatable bonds is 14. The molecule has 7 heterocycles. The molecule has 0 spiro atoms. The van der Waals surface area contributed by atoms with E-state index in [-0.39, 0.29) is 73.5 Å². The Morgan fingerprint density at radius 3 is 1.95 bits per heavy atom. The minimum atomic E-state index is -1.16. The van der Waals surface area contributed by atoms with Crippen LogP contribution in [0.15, 0.2) is 92.4 Å². The van der Waals surface area contributed by atoms with E-state index in [4.69, 9.17) is 32.9 Å². The molecule has 8 aromatic rings. The number of carbonyl (C=O) groups is 2. The molecule has 0 atom stereocenters. The third-order valence-corrected chi connectivity index (χ3v) is 14.8. The predicted octanol–water partition coefficient (Wildman–Crippen LogP) is 8.74. The highest BCUT2D eigenvalue weighted by atomic mass is 35.5. The largest absolute Gasteiger partial charge is 0.507 e. The Balaban J connectivity index is 0.000000180. The van der Waals surface area contributed by atoms with Gasteiger partial charge in [0.05, 0.1) is 33.9 Å². The number of aromatic nitrogens is 8. The molecule has 414 valence electrons. The summed E-state index contributed by atoms with van der Waals surface area (Å²) in [5.41, 5.74) is 0.660. The minimum absolute atomic E-state index is 0.108. The third-order valence-electron chi connectivity index (χ3n) is 14.2. The third kappa shape index (κ3) is 11.3. The van der Waals surface area contributed by atoms with Crippen LogP contribution in [0.25, 0.3) is 55.0 Å². The number of hydrogen-bond donors (Lipinski definition) is 3. The number of anilines is 3. The predicted molar refractivity (Wildman–Crippen MR) is 300 cm³/mol. The molecular weight excluding hydrogens is 1080 g/mol. The average molecular weight is 1130 g/mol. The standard InChI is InChI=1S/C29H31ClF2N8O.C27H23ClF2N6O3/c1-4-22(41)39-9-11-40(12-10-39)27-18-13-20(30)24(23-17(2)5-6-21-19(23)14-34-37-21)25(31)26(18)35-28(36-27)33-7-8-38-15-29(3,32)16-38;1-2-21(38)35-10-12-36(13-11-35)26-16-15-17(28)22(23-18(29)5-3-6-19(23)37)24(30)25(16)33-27(34-26)39-14-7-20-31-8-4-9-32-20/h4-6,13-14H,1,7-12,15-16H2,2-3H3,(H,34,37)(H,33,35,36);2-6,8-9,15,37H,1,7,10-14H2. The second kappa shape index (κ2) is 23.2.